The molecule has 0 aliphatic heterocycles. The molecule has 0 amide bonds. The van der Waals surface area contributed by atoms with Gasteiger partial charge in [-0.25, -0.2) is 0 Å². The lowest BCUT2D eigenvalue weighted by molar-refractivity contribution is -0.159. The summed E-state index contributed by atoms with van der Waals surface area (Å²) in [5.41, 5.74) is -0.534. The Morgan fingerprint density at radius 2 is 1.59 bits per heavy atom. The van der Waals surface area contributed by atoms with Crippen molar-refractivity contribution in [3.05, 3.63) is 0 Å². The molecule has 0 bridgehead atoms. The van der Waals surface area contributed by atoms with Gasteiger partial charge in [0.25, 0.3) is 0 Å². The van der Waals surface area contributed by atoms with E-state index in [-0.39, 0.29) is 38.6 Å². The monoisotopic (exact) mass is 318 g/mol. The number of carbonyl (C=O) groups is 3. The third-order valence-corrected chi connectivity index (χ3v) is 3.15. The van der Waals surface area contributed by atoms with Gasteiger partial charge in [-0.1, -0.05) is 6.92 Å². The van der Waals surface area contributed by atoms with Crippen molar-refractivity contribution in [3.63, 3.8) is 0 Å². The molecule has 0 unspecified atom stereocenters. The Morgan fingerprint density at radius 3 is 2.18 bits per heavy atom. The fourth-order valence-corrected chi connectivity index (χ4v) is 1.28. The normalized spacial score (nSPS) is 11.0. The Labute approximate surface area is 130 Å². The minimum absolute atomic E-state index is 0.0172. The first-order chi connectivity index (χ1) is 10.3. The van der Waals surface area contributed by atoms with E-state index in [0.29, 0.717) is 19.4 Å². The fraction of sp³-hybridized carbons (Fsp3) is 0.800. The van der Waals surface area contributed by atoms with Crippen LogP contribution in [0.25, 0.3) is 0 Å². The summed E-state index contributed by atoms with van der Waals surface area (Å²) in [5.74, 6) is -1.62. The van der Waals surface area contributed by atoms with Gasteiger partial charge >= 0.3 is 17.9 Å². The molecule has 0 aromatic carbocycles. The van der Waals surface area contributed by atoms with Gasteiger partial charge in [0.1, 0.15) is 13.2 Å². The molecular weight excluding hydrogens is 292 g/mol. The quantitative estimate of drug-likeness (QED) is 0.432. The lowest BCUT2D eigenvalue weighted by atomic mass is 9.91. The van der Waals surface area contributed by atoms with Crippen LogP contribution in [0.3, 0.4) is 0 Å². The molecule has 128 valence electrons. The second kappa shape index (κ2) is 11.0. The van der Waals surface area contributed by atoms with E-state index in [0.717, 1.165) is 0 Å². The zero-order chi connectivity index (χ0) is 17.0. The molecule has 0 saturated heterocycles. The summed E-state index contributed by atoms with van der Waals surface area (Å²) in [7, 11) is 0. The Bertz CT molecular complexity index is 363. The summed E-state index contributed by atoms with van der Waals surface area (Å²) in [5, 5.41) is 8.42. The number of rotatable bonds is 12. The van der Waals surface area contributed by atoms with Crippen LogP contribution in [0.4, 0.5) is 0 Å². The van der Waals surface area contributed by atoms with Gasteiger partial charge in [0, 0.05) is 13.0 Å². The molecule has 0 atom stereocenters. The number of carboxylic acids is 1. The fourth-order valence-electron chi connectivity index (χ4n) is 1.28. The number of esters is 2. The third kappa shape index (κ3) is 10.1. The van der Waals surface area contributed by atoms with Crippen molar-refractivity contribution < 1.29 is 33.7 Å². The van der Waals surface area contributed by atoms with E-state index in [9.17, 15) is 14.4 Å². The van der Waals surface area contributed by atoms with Crippen LogP contribution in [0.1, 0.15) is 46.5 Å². The zero-order valence-electron chi connectivity index (χ0n) is 13.6. The number of carboxylic acid groups (broad SMARTS) is 1. The summed E-state index contributed by atoms with van der Waals surface area (Å²) in [6, 6.07) is 0. The first-order valence-electron chi connectivity index (χ1n) is 7.42. The highest BCUT2D eigenvalue weighted by atomic mass is 16.6. The number of ether oxygens (including phenoxy) is 3. The van der Waals surface area contributed by atoms with Gasteiger partial charge in [-0.2, -0.15) is 0 Å². The van der Waals surface area contributed by atoms with E-state index in [1.54, 1.807) is 13.8 Å². The van der Waals surface area contributed by atoms with Crippen LogP contribution >= 0.6 is 0 Å². The van der Waals surface area contributed by atoms with Gasteiger partial charge in [-0.15, -0.1) is 0 Å². The molecule has 0 saturated carbocycles. The molecule has 7 heteroatoms. The van der Waals surface area contributed by atoms with Crippen LogP contribution in [0.15, 0.2) is 0 Å². The van der Waals surface area contributed by atoms with Crippen molar-refractivity contribution in [1.29, 1.82) is 0 Å². The Balaban J connectivity index is 3.54. The maximum Gasteiger partial charge on any atom is 0.311 e. The van der Waals surface area contributed by atoms with Crippen LogP contribution in [-0.2, 0) is 28.6 Å². The molecule has 0 spiro atoms. The maximum atomic E-state index is 11.6. The van der Waals surface area contributed by atoms with E-state index in [2.05, 4.69) is 0 Å². The predicted octanol–water partition coefficient (Wildman–Crippen LogP) is 1.78. The molecule has 0 heterocycles. The highest BCUT2D eigenvalue weighted by Crippen LogP contribution is 2.21. The largest absolute Gasteiger partial charge is 0.481 e. The van der Waals surface area contributed by atoms with Gasteiger partial charge in [-0.3, -0.25) is 14.4 Å². The van der Waals surface area contributed by atoms with Gasteiger partial charge in [0.05, 0.1) is 18.4 Å². The van der Waals surface area contributed by atoms with Crippen LogP contribution < -0.4 is 0 Å². The molecule has 7 nitrogen and oxygen atoms in total. The van der Waals surface area contributed by atoms with E-state index in [1.807, 2.05) is 6.92 Å². The smallest absolute Gasteiger partial charge is 0.311 e. The molecule has 0 aliphatic carbocycles. The number of carbonyl (C=O) groups excluding carboxylic acids is 2. The van der Waals surface area contributed by atoms with E-state index in [1.165, 1.54) is 0 Å². The topological polar surface area (TPSA) is 99.1 Å². The molecule has 0 radical (unpaired) electrons. The van der Waals surface area contributed by atoms with Crippen LogP contribution in [0.5, 0.6) is 0 Å². The minimum Gasteiger partial charge on any atom is -0.481 e. The van der Waals surface area contributed by atoms with Crippen LogP contribution in [0, 0.1) is 5.41 Å². The Morgan fingerprint density at radius 1 is 0.955 bits per heavy atom. The SMILES string of the molecule is CCC(C)(C)C(=O)OCCOC(=O)CCOCCCC(=O)O. The second-order valence-electron chi connectivity index (χ2n) is 5.45. The molecule has 0 rings (SSSR count). The van der Waals surface area contributed by atoms with Crippen molar-refractivity contribution in [2.75, 3.05) is 26.4 Å². The second-order valence-corrected chi connectivity index (χ2v) is 5.45. The third-order valence-electron chi connectivity index (χ3n) is 3.15. The first kappa shape index (κ1) is 20.4. The molecule has 22 heavy (non-hydrogen) atoms. The maximum absolute atomic E-state index is 11.6. The summed E-state index contributed by atoms with van der Waals surface area (Å²) >= 11 is 0. The van der Waals surface area contributed by atoms with Gasteiger partial charge < -0.3 is 19.3 Å². The van der Waals surface area contributed by atoms with Crippen LogP contribution in [-0.4, -0.2) is 49.4 Å². The molecular formula is C15H26O7. The van der Waals surface area contributed by atoms with Crippen molar-refractivity contribution in [1.82, 2.24) is 0 Å². The highest BCUT2D eigenvalue weighted by molar-refractivity contribution is 5.75. The zero-order valence-corrected chi connectivity index (χ0v) is 13.6. The van der Waals surface area contributed by atoms with Crippen molar-refractivity contribution in [3.8, 4) is 0 Å². The number of aliphatic carboxylic acids is 1. The van der Waals surface area contributed by atoms with Gasteiger partial charge in [-0.05, 0) is 26.7 Å². The highest BCUT2D eigenvalue weighted by Gasteiger charge is 2.26. The Kier molecular flexibility index (Phi) is 10.2. The summed E-state index contributed by atoms with van der Waals surface area (Å²) in [6.07, 6.45) is 1.21. The van der Waals surface area contributed by atoms with Crippen molar-refractivity contribution >= 4 is 17.9 Å². The molecule has 0 fully saturated rings. The molecule has 0 aromatic rings. The summed E-state index contributed by atoms with van der Waals surface area (Å²) < 4.78 is 15.0. The van der Waals surface area contributed by atoms with Crippen molar-refractivity contribution in [2.45, 2.75) is 46.5 Å². The lowest BCUT2D eigenvalue weighted by Gasteiger charge is -2.20. The first-order valence-corrected chi connectivity index (χ1v) is 7.42. The van der Waals surface area contributed by atoms with Crippen LogP contribution in [0.2, 0.25) is 0 Å². The predicted molar refractivity (Wildman–Crippen MR) is 78.3 cm³/mol. The Hall–Kier alpha value is -1.63. The minimum atomic E-state index is -0.871. The summed E-state index contributed by atoms with van der Waals surface area (Å²) in [6.45, 7) is 6.02. The van der Waals surface area contributed by atoms with E-state index in [4.69, 9.17) is 19.3 Å². The number of hydrogen-bond acceptors (Lipinski definition) is 6. The average molecular weight is 318 g/mol. The lowest BCUT2D eigenvalue weighted by Crippen LogP contribution is -2.27. The molecule has 1 N–H and O–H groups in total. The standard InChI is InChI=1S/C15H26O7/c1-4-15(2,3)14(19)22-11-10-21-13(18)7-9-20-8-5-6-12(16)17/h4-11H2,1-3H3,(H,16,17). The van der Waals surface area contributed by atoms with Gasteiger partial charge in [0.15, 0.2) is 0 Å². The number of hydrogen-bond donors (Lipinski definition) is 1. The average Bonchev–Trinajstić information content (AvgIpc) is 2.46. The molecule has 0 aromatic heterocycles. The van der Waals surface area contributed by atoms with E-state index >= 15 is 0 Å². The van der Waals surface area contributed by atoms with E-state index < -0.39 is 17.4 Å². The molecule has 0 aliphatic rings. The summed E-state index contributed by atoms with van der Waals surface area (Å²) in [4.78, 5) is 33.2. The van der Waals surface area contributed by atoms with Gasteiger partial charge in [0.2, 0.25) is 0 Å². The van der Waals surface area contributed by atoms with Crippen molar-refractivity contribution in [2.24, 2.45) is 5.41 Å².